The molecule has 0 aromatic heterocycles. The lowest BCUT2D eigenvalue weighted by Crippen LogP contribution is -2.06. The standard InChI is InChI=1S/C19H15BrN2O6/c1-10-4-5-12(9-15(10)22(24)25)18-21-14(19(23)28-18)7-11-6-13(20)17(27-3)16(8-11)26-2/h4-9H,1-3H3/b14-7-. The third kappa shape index (κ3) is 3.74. The number of rotatable bonds is 5. The molecular weight excluding hydrogens is 432 g/mol. The molecule has 0 amide bonds. The molecule has 1 heterocycles. The number of hydrogen-bond donors (Lipinski definition) is 0. The van der Waals surface area contributed by atoms with Gasteiger partial charge in [0, 0.05) is 17.2 Å². The van der Waals surface area contributed by atoms with E-state index >= 15 is 0 Å². The van der Waals surface area contributed by atoms with Gasteiger partial charge in [-0.2, -0.15) is 0 Å². The van der Waals surface area contributed by atoms with Crippen molar-refractivity contribution < 1.29 is 23.9 Å². The van der Waals surface area contributed by atoms with Crippen LogP contribution in [0.15, 0.2) is 45.5 Å². The Morgan fingerprint density at radius 1 is 1.21 bits per heavy atom. The van der Waals surface area contributed by atoms with E-state index in [2.05, 4.69) is 20.9 Å². The number of cyclic esters (lactones) is 1. The molecular formula is C19H15BrN2O6. The van der Waals surface area contributed by atoms with Gasteiger partial charge in [-0.1, -0.05) is 6.07 Å². The van der Waals surface area contributed by atoms with E-state index in [1.54, 1.807) is 31.2 Å². The van der Waals surface area contributed by atoms with Crippen LogP contribution in [0.2, 0.25) is 0 Å². The molecule has 0 spiro atoms. The monoisotopic (exact) mass is 446 g/mol. The summed E-state index contributed by atoms with van der Waals surface area (Å²) in [5.74, 6) is 0.367. The Morgan fingerprint density at radius 2 is 1.96 bits per heavy atom. The minimum atomic E-state index is -0.649. The zero-order valence-electron chi connectivity index (χ0n) is 15.2. The molecule has 1 aliphatic rings. The Labute approximate surface area is 168 Å². The molecule has 28 heavy (non-hydrogen) atoms. The highest BCUT2D eigenvalue weighted by molar-refractivity contribution is 9.10. The summed E-state index contributed by atoms with van der Waals surface area (Å²) in [6.45, 7) is 1.63. The molecule has 0 radical (unpaired) electrons. The van der Waals surface area contributed by atoms with Gasteiger partial charge in [0.05, 0.1) is 23.6 Å². The number of carbonyl (C=O) groups is 1. The summed E-state index contributed by atoms with van der Waals surface area (Å²) in [6, 6.07) is 7.96. The Bertz CT molecular complexity index is 1040. The van der Waals surface area contributed by atoms with Crippen molar-refractivity contribution in [2.45, 2.75) is 6.92 Å². The molecule has 0 saturated carbocycles. The van der Waals surface area contributed by atoms with Crippen LogP contribution in [0.25, 0.3) is 6.08 Å². The predicted octanol–water partition coefficient (Wildman–Crippen LogP) is 4.03. The highest BCUT2D eigenvalue weighted by Crippen LogP contribution is 2.37. The number of halogens is 1. The summed E-state index contributed by atoms with van der Waals surface area (Å²) in [6.07, 6.45) is 1.53. The summed E-state index contributed by atoms with van der Waals surface area (Å²) >= 11 is 3.39. The smallest absolute Gasteiger partial charge is 0.363 e. The number of hydrogen-bond acceptors (Lipinski definition) is 7. The van der Waals surface area contributed by atoms with Crippen LogP contribution in [0, 0.1) is 17.0 Å². The zero-order chi connectivity index (χ0) is 20.4. The third-order valence-corrected chi connectivity index (χ3v) is 4.62. The Morgan fingerprint density at radius 3 is 2.61 bits per heavy atom. The van der Waals surface area contributed by atoms with Crippen LogP contribution in [-0.2, 0) is 9.53 Å². The first-order valence-electron chi connectivity index (χ1n) is 8.03. The quantitative estimate of drug-likeness (QED) is 0.297. The number of aryl methyl sites for hydroxylation is 1. The van der Waals surface area contributed by atoms with Crippen molar-refractivity contribution in [3.63, 3.8) is 0 Å². The van der Waals surface area contributed by atoms with Gasteiger partial charge >= 0.3 is 5.97 Å². The lowest BCUT2D eigenvalue weighted by molar-refractivity contribution is -0.385. The third-order valence-electron chi connectivity index (χ3n) is 4.03. The van der Waals surface area contributed by atoms with Crippen molar-refractivity contribution in [1.29, 1.82) is 0 Å². The van der Waals surface area contributed by atoms with Crippen molar-refractivity contribution >= 4 is 39.6 Å². The highest BCUT2D eigenvalue weighted by Gasteiger charge is 2.26. The van der Waals surface area contributed by atoms with Crippen LogP contribution >= 0.6 is 15.9 Å². The van der Waals surface area contributed by atoms with Gasteiger partial charge in [0.15, 0.2) is 17.2 Å². The van der Waals surface area contributed by atoms with Crippen molar-refractivity contribution in [2.75, 3.05) is 14.2 Å². The molecule has 8 nitrogen and oxygen atoms in total. The zero-order valence-corrected chi connectivity index (χ0v) is 16.8. The van der Waals surface area contributed by atoms with Gasteiger partial charge in [0.25, 0.3) is 5.69 Å². The van der Waals surface area contributed by atoms with E-state index in [9.17, 15) is 14.9 Å². The normalized spacial score (nSPS) is 14.6. The Balaban J connectivity index is 2.00. The maximum absolute atomic E-state index is 12.2. The maximum Gasteiger partial charge on any atom is 0.363 e. The van der Waals surface area contributed by atoms with E-state index in [1.807, 2.05) is 0 Å². The Kier molecular flexibility index (Phi) is 5.46. The first-order valence-corrected chi connectivity index (χ1v) is 8.83. The summed E-state index contributed by atoms with van der Waals surface area (Å²) in [5, 5.41) is 11.1. The molecule has 0 N–H and O–H groups in total. The molecule has 0 bridgehead atoms. The second-order valence-electron chi connectivity index (χ2n) is 5.83. The largest absolute Gasteiger partial charge is 0.493 e. The molecule has 2 aromatic carbocycles. The molecule has 0 aliphatic carbocycles. The lowest BCUT2D eigenvalue weighted by Gasteiger charge is -2.10. The van der Waals surface area contributed by atoms with Gasteiger partial charge in [-0.15, -0.1) is 0 Å². The molecule has 1 aliphatic heterocycles. The molecule has 2 aromatic rings. The van der Waals surface area contributed by atoms with E-state index < -0.39 is 10.9 Å². The number of methoxy groups -OCH3 is 2. The van der Waals surface area contributed by atoms with Crippen LogP contribution < -0.4 is 9.47 Å². The van der Waals surface area contributed by atoms with Crippen LogP contribution in [0.1, 0.15) is 16.7 Å². The van der Waals surface area contributed by atoms with Gasteiger partial charge < -0.3 is 14.2 Å². The average Bonchev–Trinajstić information content (AvgIpc) is 3.01. The molecule has 3 rings (SSSR count). The summed E-state index contributed by atoms with van der Waals surface area (Å²) in [4.78, 5) is 27.0. The fraction of sp³-hybridized carbons (Fsp3) is 0.158. The topological polar surface area (TPSA) is 100 Å². The van der Waals surface area contributed by atoms with Crippen molar-refractivity contribution in [1.82, 2.24) is 0 Å². The van der Waals surface area contributed by atoms with Crippen LogP contribution in [-0.4, -0.2) is 31.0 Å². The van der Waals surface area contributed by atoms with Crippen molar-refractivity contribution in [3.05, 3.63) is 67.3 Å². The van der Waals surface area contributed by atoms with Gasteiger partial charge in [-0.25, -0.2) is 9.79 Å². The maximum atomic E-state index is 12.2. The van der Waals surface area contributed by atoms with Crippen LogP contribution in [0.4, 0.5) is 5.69 Å². The number of esters is 1. The van der Waals surface area contributed by atoms with Crippen molar-refractivity contribution in [3.8, 4) is 11.5 Å². The summed E-state index contributed by atoms with van der Waals surface area (Å²) in [5.41, 5.74) is 1.48. The average molecular weight is 447 g/mol. The second kappa shape index (κ2) is 7.81. The van der Waals surface area contributed by atoms with Gasteiger partial charge in [0.2, 0.25) is 5.90 Å². The summed E-state index contributed by atoms with van der Waals surface area (Å²) in [7, 11) is 3.03. The number of nitrogens with zero attached hydrogens (tertiary/aromatic N) is 2. The molecule has 9 heteroatoms. The van der Waals surface area contributed by atoms with E-state index in [1.165, 1.54) is 26.4 Å². The molecule has 0 atom stereocenters. The van der Waals surface area contributed by atoms with Gasteiger partial charge in [-0.3, -0.25) is 10.1 Å². The fourth-order valence-electron chi connectivity index (χ4n) is 2.65. The number of aliphatic imine (C=N–C) groups is 1. The molecule has 144 valence electrons. The summed E-state index contributed by atoms with van der Waals surface area (Å²) < 4.78 is 16.4. The van der Waals surface area contributed by atoms with Crippen LogP contribution in [0.5, 0.6) is 11.5 Å². The minimum Gasteiger partial charge on any atom is -0.493 e. The second-order valence-corrected chi connectivity index (χ2v) is 6.69. The minimum absolute atomic E-state index is 0.0129. The fourth-order valence-corrected chi connectivity index (χ4v) is 3.27. The number of nitro groups is 1. The molecule has 0 unspecified atom stereocenters. The van der Waals surface area contributed by atoms with Gasteiger partial charge in [0.1, 0.15) is 0 Å². The van der Waals surface area contributed by atoms with E-state index in [-0.39, 0.29) is 17.3 Å². The van der Waals surface area contributed by atoms with Gasteiger partial charge in [-0.05, 0) is 52.7 Å². The van der Waals surface area contributed by atoms with Crippen molar-refractivity contribution in [2.24, 2.45) is 4.99 Å². The number of carbonyl (C=O) groups excluding carboxylic acids is 1. The SMILES string of the molecule is COc1cc(/C=C2\N=C(c3ccc(C)c([N+](=O)[O-])c3)OC2=O)cc(Br)c1OC. The lowest BCUT2D eigenvalue weighted by atomic mass is 10.1. The van der Waals surface area contributed by atoms with E-state index in [0.29, 0.717) is 32.7 Å². The van der Waals surface area contributed by atoms with Crippen LogP contribution in [0.3, 0.4) is 0 Å². The Hall–Kier alpha value is -3.20. The van der Waals surface area contributed by atoms with E-state index in [0.717, 1.165) is 0 Å². The molecule has 0 fully saturated rings. The van der Waals surface area contributed by atoms with E-state index in [4.69, 9.17) is 14.2 Å². The predicted molar refractivity (Wildman–Crippen MR) is 106 cm³/mol. The first-order chi connectivity index (χ1) is 13.3. The molecule has 0 saturated heterocycles. The number of nitro benzene ring substituents is 1. The first kappa shape index (κ1) is 19.6. The number of ether oxygens (including phenoxy) is 3. The highest BCUT2D eigenvalue weighted by atomic mass is 79.9. The number of benzene rings is 2.